The molecule has 0 aliphatic heterocycles. The van der Waals surface area contributed by atoms with Crippen LogP contribution in [-0.4, -0.2) is 61.4 Å². The van der Waals surface area contributed by atoms with E-state index in [9.17, 15) is 14.7 Å². The van der Waals surface area contributed by atoms with E-state index in [4.69, 9.17) is 9.47 Å². The Hall–Kier alpha value is -1.14. The van der Waals surface area contributed by atoms with Crippen molar-refractivity contribution in [2.75, 3.05) is 39.5 Å². The Balaban J connectivity index is 3.87. The summed E-state index contributed by atoms with van der Waals surface area (Å²) in [6.07, 6.45) is 29.6. The predicted molar refractivity (Wildman–Crippen MR) is 200 cm³/mol. The predicted octanol–water partition coefficient (Wildman–Crippen LogP) is 11.2. The Morgan fingerprint density at radius 1 is 0.596 bits per heavy atom. The summed E-state index contributed by atoms with van der Waals surface area (Å²) in [7, 11) is 0. The van der Waals surface area contributed by atoms with Gasteiger partial charge in [0, 0.05) is 19.6 Å². The molecular formula is C41H81NO5. The first-order valence-electron chi connectivity index (χ1n) is 20.5. The molecule has 0 unspecified atom stereocenters. The number of aliphatic hydroxyl groups excluding tert-OH is 1. The summed E-state index contributed by atoms with van der Waals surface area (Å²) < 4.78 is 11.1. The van der Waals surface area contributed by atoms with Crippen molar-refractivity contribution in [2.45, 2.75) is 202 Å². The van der Waals surface area contributed by atoms with Crippen LogP contribution in [-0.2, 0) is 19.1 Å². The van der Waals surface area contributed by atoms with Crippen molar-refractivity contribution >= 4 is 11.9 Å². The van der Waals surface area contributed by atoms with Crippen molar-refractivity contribution in [3.8, 4) is 0 Å². The highest BCUT2D eigenvalue weighted by atomic mass is 16.5. The lowest BCUT2D eigenvalue weighted by molar-refractivity contribution is -0.154. The van der Waals surface area contributed by atoms with Crippen LogP contribution in [0.5, 0.6) is 0 Å². The fourth-order valence-corrected chi connectivity index (χ4v) is 6.39. The van der Waals surface area contributed by atoms with E-state index in [-0.39, 0.29) is 18.5 Å². The molecule has 0 radical (unpaired) electrons. The lowest BCUT2D eigenvalue weighted by Gasteiger charge is -2.23. The van der Waals surface area contributed by atoms with Gasteiger partial charge in [0.25, 0.3) is 0 Å². The number of nitrogens with zero attached hydrogens (tertiary/aromatic N) is 1. The molecule has 0 aromatic rings. The van der Waals surface area contributed by atoms with Crippen LogP contribution in [0.15, 0.2) is 0 Å². The summed E-state index contributed by atoms with van der Waals surface area (Å²) in [4.78, 5) is 27.1. The van der Waals surface area contributed by atoms with Crippen LogP contribution in [0.1, 0.15) is 202 Å². The summed E-state index contributed by atoms with van der Waals surface area (Å²) in [5.41, 5.74) is -0.407. The van der Waals surface area contributed by atoms with E-state index < -0.39 is 5.41 Å². The zero-order valence-electron chi connectivity index (χ0n) is 32.2. The Labute approximate surface area is 292 Å². The Bertz CT molecular complexity index is 693. The largest absolute Gasteiger partial charge is 0.466 e. The molecule has 0 saturated carbocycles. The van der Waals surface area contributed by atoms with E-state index in [1.807, 2.05) is 13.8 Å². The van der Waals surface area contributed by atoms with Gasteiger partial charge in [-0.25, -0.2) is 0 Å². The number of aliphatic hydroxyl groups is 1. The standard InChI is InChI=1S/C41H81NO5/c1-6-9-10-11-12-19-26-36-46-39(44)30-22-14-13-17-24-32-42(34-28-35-43)33-25-18-16-23-31-41(4,5)40(45)47-37-27-20-15-21-29-38(7-2)8-3/h38,43H,6-37H2,1-5H3. The molecule has 0 aromatic heterocycles. The summed E-state index contributed by atoms with van der Waals surface area (Å²) in [5, 5.41) is 9.35. The molecule has 0 aliphatic carbocycles. The highest BCUT2D eigenvalue weighted by Gasteiger charge is 2.28. The molecule has 1 N–H and O–H groups in total. The summed E-state index contributed by atoms with van der Waals surface area (Å²) in [6, 6.07) is 0. The van der Waals surface area contributed by atoms with Crippen LogP contribution in [0, 0.1) is 11.3 Å². The third-order valence-corrected chi connectivity index (χ3v) is 9.97. The molecule has 0 saturated heterocycles. The minimum atomic E-state index is -0.407. The first-order valence-corrected chi connectivity index (χ1v) is 20.5. The summed E-state index contributed by atoms with van der Waals surface area (Å²) in [6.45, 7) is 15.4. The maximum atomic E-state index is 12.7. The molecule has 0 heterocycles. The van der Waals surface area contributed by atoms with E-state index in [0.717, 1.165) is 96.2 Å². The third kappa shape index (κ3) is 29.5. The molecule has 0 amide bonds. The molecular weight excluding hydrogens is 586 g/mol. The first-order chi connectivity index (χ1) is 22.8. The number of hydrogen-bond acceptors (Lipinski definition) is 6. The molecule has 0 bridgehead atoms. The number of ether oxygens (including phenoxy) is 2. The maximum Gasteiger partial charge on any atom is 0.311 e. The van der Waals surface area contributed by atoms with Crippen molar-refractivity contribution < 1.29 is 24.2 Å². The summed E-state index contributed by atoms with van der Waals surface area (Å²) in [5.74, 6) is 0.807. The fraction of sp³-hybridized carbons (Fsp3) is 0.951. The SMILES string of the molecule is CCCCCCCCCOC(=O)CCCCCCCN(CCCO)CCCCCCC(C)(C)C(=O)OCCCCCCC(CC)CC. The van der Waals surface area contributed by atoms with Gasteiger partial charge in [0.2, 0.25) is 0 Å². The van der Waals surface area contributed by atoms with E-state index in [0.29, 0.717) is 19.6 Å². The topological polar surface area (TPSA) is 76.1 Å². The highest BCUT2D eigenvalue weighted by molar-refractivity contribution is 5.75. The Morgan fingerprint density at radius 2 is 1.09 bits per heavy atom. The minimum Gasteiger partial charge on any atom is -0.466 e. The Kier molecular flexibility index (Phi) is 32.6. The zero-order chi connectivity index (χ0) is 34.9. The number of carbonyl (C=O) groups excluding carboxylic acids is 2. The van der Waals surface area contributed by atoms with Gasteiger partial charge in [0.1, 0.15) is 0 Å². The molecule has 0 aliphatic rings. The quantitative estimate of drug-likeness (QED) is 0.0529. The van der Waals surface area contributed by atoms with Gasteiger partial charge in [-0.15, -0.1) is 0 Å². The second-order valence-corrected chi connectivity index (χ2v) is 14.8. The van der Waals surface area contributed by atoms with Crippen LogP contribution in [0.25, 0.3) is 0 Å². The van der Waals surface area contributed by atoms with Crippen LogP contribution in [0.2, 0.25) is 0 Å². The van der Waals surface area contributed by atoms with E-state index >= 15 is 0 Å². The molecule has 0 rings (SSSR count). The monoisotopic (exact) mass is 668 g/mol. The second-order valence-electron chi connectivity index (χ2n) is 14.8. The number of carbonyl (C=O) groups is 2. The number of unbranched alkanes of at least 4 members (excludes halogenated alkanes) is 16. The van der Waals surface area contributed by atoms with E-state index in [1.165, 1.54) is 89.9 Å². The van der Waals surface area contributed by atoms with E-state index in [1.54, 1.807) is 0 Å². The highest BCUT2D eigenvalue weighted by Crippen LogP contribution is 2.26. The molecule has 47 heavy (non-hydrogen) atoms. The number of esters is 2. The van der Waals surface area contributed by atoms with Crippen molar-refractivity contribution in [1.29, 1.82) is 0 Å². The molecule has 0 aromatic carbocycles. The smallest absolute Gasteiger partial charge is 0.311 e. The molecule has 0 spiro atoms. The third-order valence-electron chi connectivity index (χ3n) is 9.97. The van der Waals surface area contributed by atoms with Gasteiger partial charge in [0.05, 0.1) is 18.6 Å². The lowest BCUT2D eigenvalue weighted by atomic mass is 9.87. The van der Waals surface area contributed by atoms with Gasteiger partial charge in [0.15, 0.2) is 0 Å². The lowest BCUT2D eigenvalue weighted by Crippen LogP contribution is -2.28. The zero-order valence-corrected chi connectivity index (χ0v) is 32.2. The Morgan fingerprint density at radius 3 is 1.68 bits per heavy atom. The van der Waals surface area contributed by atoms with Crippen molar-refractivity contribution in [2.24, 2.45) is 11.3 Å². The molecule has 0 atom stereocenters. The normalized spacial score (nSPS) is 11.9. The van der Waals surface area contributed by atoms with Gasteiger partial charge in [-0.1, -0.05) is 136 Å². The molecule has 6 heteroatoms. The van der Waals surface area contributed by atoms with Crippen molar-refractivity contribution in [3.05, 3.63) is 0 Å². The van der Waals surface area contributed by atoms with Crippen molar-refractivity contribution in [1.82, 2.24) is 4.90 Å². The first kappa shape index (κ1) is 45.9. The van der Waals surface area contributed by atoms with Crippen LogP contribution in [0.3, 0.4) is 0 Å². The fourth-order valence-electron chi connectivity index (χ4n) is 6.39. The van der Waals surface area contributed by atoms with Gasteiger partial charge in [-0.05, 0) is 77.8 Å². The van der Waals surface area contributed by atoms with Crippen LogP contribution in [0.4, 0.5) is 0 Å². The molecule has 280 valence electrons. The average molecular weight is 668 g/mol. The van der Waals surface area contributed by atoms with Crippen LogP contribution < -0.4 is 0 Å². The van der Waals surface area contributed by atoms with Gasteiger partial charge < -0.3 is 19.5 Å². The number of hydrogen-bond donors (Lipinski definition) is 1. The van der Waals surface area contributed by atoms with Gasteiger partial charge >= 0.3 is 11.9 Å². The summed E-state index contributed by atoms with van der Waals surface area (Å²) >= 11 is 0. The molecule has 0 fully saturated rings. The van der Waals surface area contributed by atoms with Crippen molar-refractivity contribution in [3.63, 3.8) is 0 Å². The van der Waals surface area contributed by atoms with E-state index in [2.05, 4.69) is 25.7 Å². The van der Waals surface area contributed by atoms with Gasteiger partial charge in [-0.3, -0.25) is 9.59 Å². The maximum absolute atomic E-state index is 12.7. The molecule has 6 nitrogen and oxygen atoms in total. The average Bonchev–Trinajstić information content (AvgIpc) is 3.06. The van der Waals surface area contributed by atoms with Crippen LogP contribution >= 0.6 is 0 Å². The second kappa shape index (κ2) is 33.4. The minimum absolute atomic E-state index is 0.0291. The van der Waals surface area contributed by atoms with Gasteiger partial charge in [-0.2, -0.15) is 0 Å². The number of rotatable bonds is 36.